The van der Waals surface area contributed by atoms with Gasteiger partial charge in [-0.1, -0.05) is 42.5 Å². The number of H-pyrrole nitrogens is 1. The number of imidazole rings is 1. The van der Waals surface area contributed by atoms with Gasteiger partial charge in [-0.05, 0) is 17.7 Å². The number of hydrogen-bond donors (Lipinski definition) is 2. The highest BCUT2D eigenvalue weighted by Gasteiger charge is 2.23. The molecule has 2 aromatic carbocycles. The van der Waals surface area contributed by atoms with Gasteiger partial charge in [0.2, 0.25) is 0 Å². The molecular formula is C19H17FN4O2. The van der Waals surface area contributed by atoms with Crippen LogP contribution in [0.25, 0.3) is 0 Å². The highest BCUT2D eigenvalue weighted by Crippen LogP contribution is 2.15. The van der Waals surface area contributed by atoms with Crippen LogP contribution in [0.1, 0.15) is 26.5 Å². The summed E-state index contributed by atoms with van der Waals surface area (Å²) in [6.45, 7) is 0.382. The average molecular weight is 352 g/mol. The second kappa shape index (κ2) is 7.60. The predicted octanol–water partition coefficient (Wildman–Crippen LogP) is 3.07. The molecular weight excluding hydrogens is 335 g/mol. The summed E-state index contributed by atoms with van der Waals surface area (Å²) in [5.41, 5.74) is 0.951. The molecule has 0 aliphatic rings. The van der Waals surface area contributed by atoms with E-state index in [0.717, 1.165) is 5.56 Å². The lowest BCUT2D eigenvalue weighted by Gasteiger charge is -2.17. The number of nitrogens with zero attached hydrogens (tertiary/aromatic N) is 2. The summed E-state index contributed by atoms with van der Waals surface area (Å²) in [5, 5.41) is 2.43. The highest BCUT2D eigenvalue weighted by atomic mass is 19.1. The van der Waals surface area contributed by atoms with Gasteiger partial charge < -0.3 is 15.2 Å². The van der Waals surface area contributed by atoms with E-state index < -0.39 is 11.7 Å². The Morgan fingerprint density at radius 2 is 1.81 bits per heavy atom. The van der Waals surface area contributed by atoms with E-state index >= 15 is 0 Å². The van der Waals surface area contributed by atoms with Crippen molar-refractivity contribution in [2.75, 3.05) is 12.4 Å². The van der Waals surface area contributed by atoms with E-state index in [-0.39, 0.29) is 23.0 Å². The van der Waals surface area contributed by atoms with Crippen molar-refractivity contribution in [3.63, 3.8) is 0 Å². The fourth-order valence-electron chi connectivity index (χ4n) is 2.49. The molecule has 2 N–H and O–H groups in total. The van der Waals surface area contributed by atoms with Crippen LogP contribution >= 0.6 is 0 Å². The van der Waals surface area contributed by atoms with Crippen molar-refractivity contribution in [1.82, 2.24) is 14.9 Å². The molecule has 26 heavy (non-hydrogen) atoms. The summed E-state index contributed by atoms with van der Waals surface area (Å²) in [5.74, 6) is -1.61. The highest BCUT2D eigenvalue weighted by molar-refractivity contribution is 6.10. The lowest BCUT2D eigenvalue weighted by molar-refractivity contribution is 0.0774. The van der Waals surface area contributed by atoms with Crippen molar-refractivity contribution in [2.45, 2.75) is 6.54 Å². The minimum absolute atomic E-state index is 0.0246. The number of hydrogen-bond acceptors (Lipinski definition) is 3. The Morgan fingerprint density at radius 3 is 2.54 bits per heavy atom. The van der Waals surface area contributed by atoms with Gasteiger partial charge in [-0.2, -0.15) is 0 Å². The lowest BCUT2D eigenvalue weighted by atomic mass is 10.2. The molecule has 1 heterocycles. The minimum Gasteiger partial charge on any atom is -0.340 e. The molecule has 6 nitrogen and oxygen atoms in total. The molecule has 1 aromatic heterocycles. The first-order chi connectivity index (χ1) is 12.6. The Morgan fingerprint density at radius 1 is 1.12 bits per heavy atom. The Balaban J connectivity index is 1.76. The summed E-state index contributed by atoms with van der Waals surface area (Å²) in [6, 6.07) is 15.3. The first kappa shape index (κ1) is 17.3. The molecule has 0 saturated heterocycles. The van der Waals surface area contributed by atoms with Crippen LogP contribution in [0.3, 0.4) is 0 Å². The number of carbonyl (C=O) groups is 2. The Labute approximate surface area is 149 Å². The Kier molecular flexibility index (Phi) is 5.07. The summed E-state index contributed by atoms with van der Waals surface area (Å²) in [6.07, 6.45) is 1.26. The molecule has 2 amide bonds. The maximum atomic E-state index is 13.7. The number of anilines is 1. The van der Waals surface area contributed by atoms with Crippen LogP contribution in [0.5, 0.6) is 0 Å². The van der Waals surface area contributed by atoms with E-state index in [9.17, 15) is 14.0 Å². The zero-order chi connectivity index (χ0) is 18.5. The van der Waals surface area contributed by atoms with Gasteiger partial charge in [0.05, 0.1) is 12.0 Å². The van der Waals surface area contributed by atoms with E-state index in [1.807, 2.05) is 30.3 Å². The maximum Gasteiger partial charge on any atom is 0.276 e. The summed E-state index contributed by atoms with van der Waals surface area (Å²) in [7, 11) is 1.63. The van der Waals surface area contributed by atoms with Crippen LogP contribution in [0, 0.1) is 5.82 Å². The average Bonchev–Trinajstić information content (AvgIpc) is 3.13. The van der Waals surface area contributed by atoms with Crippen LogP contribution in [-0.4, -0.2) is 33.7 Å². The van der Waals surface area contributed by atoms with E-state index in [0.29, 0.717) is 6.54 Å². The van der Waals surface area contributed by atoms with Crippen molar-refractivity contribution in [1.29, 1.82) is 0 Å². The van der Waals surface area contributed by atoms with Gasteiger partial charge in [-0.15, -0.1) is 0 Å². The molecule has 0 spiro atoms. The molecule has 0 aliphatic carbocycles. The van der Waals surface area contributed by atoms with Gasteiger partial charge in [0.25, 0.3) is 11.8 Å². The molecule has 3 rings (SSSR count). The van der Waals surface area contributed by atoms with Gasteiger partial charge in [-0.25, -0.2) is 9.37 Å². The third kappa shape index (κ3) is 3.77. The van der Waals surface area contributed by atoms with Crippen LogP contribution in [-0.2, 0) is 6.54 Å². The lowest BCUT2D eigenvalue weighted by Crippen LogP contribution is -2.29. The number of aromatic nitrogens is 2. The SMILES string of the molecule is CN(Cc1ccccc1)C(=O)c1[nH]cnc1C(=O)Nc1ccccc1F. The Bertz CT molecular complexity index is 924. The van der Waals surface area contributed by atoms with Crippen LogP contribution in [0.15, 0.2) is 60.9 Å². The van der Waals surface area contributed by atoms with Crippen molar-refractivity contribution < 1.29 is 14.0 Å². The monoisotopic (exact) mass is 352 g/mol. The first-order valence-electron chi connectivity index (χ1n) is 7.95. The number of halogens is 1. The molecule has 0 radical (unpaired) electrons. The molecule has 0 atom stereocenters. The molecule has 0 unspecified atom stereocenters. The van der Waals surface area contributed by atoms with Gasteiger partial charge >= 0.3 is 0 Å². The molecule has 0 aliphatic heterocycles. The van der Waals surface area contributed by atoms with Crippen LogP contribution in [0.4, 0.5) is 10.1 Å². The third-order valence-electron chi connectivity index (χ3n) is 3.80. The molecule has 132 valence electrons. The van der Waals surface area contributed by atoms with Crippen LogP contribution < -0.4 is 5.32 Å². The zero-order valence-electron chi connectivity index (χ0n) is 14.1. The quantitative estimate of drug-likeness (QED) is 0.741. The fourth-order valence-corrected chi connectivity index (χ4v) is 2.49. The standard InChI is InChI=1S/C19H17FN4O2/c1-24(11-13-7-3-2-4-8-13)19(26)17-16(21-12-22-17)18(25)23-15-10-6-5-9-14(15)20/h2-10,12H,11H2,1H3,(H,21,22)(H,23,25). The van der Waals surface area contributed by atoms with E-state index in [1.54, 1.807) is 13.1 Å². The number of aromatic amines is 1. The number of amides is 2. The number of rotatable bonds is 5. The van der Waals surface area contributed by atoms with Crippen molar-refractivity contribution in [3.8, 4) is 0 Å². The normalized spacial score (nSPS) is 10.4. The summed E-state index contributed by atoms with van der Waals surface area (Å²) < 4.78 is 13.7. The summed E-state index contributed by atoms with van der Waals surface area (Å²) in [4.78, 5) is 33.1. The minimum atomic E-state index is -0.659. The molecule has 0 bridgehead atoms. The summed E-state index contributed by atoms with van der Waals surface area (Å²) >= 11 is 0. The second-order valence-corrected chi connectivity index (χ2v) is 5.71. The third-order valence-corrected chi connectivity index (χ3v) is 3.80. The molecule has 0 saturated carbocycles. The van der Waals surface area contributed by atoms with Crippen LogP contribution in [0.2, 0.25) is 0 Å². The second-order valence-electron chi connectivity index (χ2n) is 5.71. The molecule has 7 heteroatoms. The van der Waals surface area contributed by atoms with Gasteiger partial charge in [0.1, 0.15) is 11.5 Å². The molecule has 0 fully saturated rings. The van der Waals surface area contributed by atoms with Crippen molar-refractivity contribution in [3.05, 3.63) is 83.7 Å². The van der Waals surface area contributed by atoms with Gasteiger partial charge in [0.15, 0.2) is 5.69 Å². The zero-order valence-corrected chi connectivity index (χ0v) is 14.1. The number of nitrogens with one attached hydrogen (secondary N) is 2. The predicted molar refractivity (Wildman–Crippen MR) is 95.2 cm³/mol. The van der Waals surface area contributed by atoms with E-state index in [1.165, 1.54) is 29.4 Å². The number of carbonyl (C=O) groups excluding carboxylic acids is 2. The Hall–Kier alpha value is -3.48. The smallest absolute Gasteiger partial charge is 0.276 e. The van der Waals surface area contributed by atoms with Gasteiger partial charge in [-0.3, -0.25) is 9.59 Å². The maximum absolute atomic E-state index is 13.7. The first-order valence-corrected chi connectivity index (χ1v) is 7.95. The van der Waals surface area contributed by atoms with E-state index in [4.69, 9.17) is 0 Å². The molecule has 3 aromatic rings. The number of benzene rings is 2. The van der Waals surface area contributed by atoms with E-state index in [2.05, 4.69) is 15.3 Å². The van der Waals surface area contributed by atoms with Gasteiger partial charge in [0, 0.05) is 13.6 Å². The fraction of sp³-hybridized carbons (Fsp3) is 0.105. The topological polar surface area (TPSA) is 78.1 Å². The van der Waals surface area contributed by atoms with Crippen molar-refractivity contribution >= 4 is 17.5 Å². The van der Waals surface area contributed by atoms with Crippen molar-refractivity contribution in [2.24, 2.45) is 0 Å². The number of para-hydroxylation sites is 1. The largest absolute Gasteiger partial charge is 0.340 e.